The van der Waals surface area contributed by atoms with Crippen LogP contribution in [0.3, 0.4) is 0 Å². The third kappa shape index (κ3) is 3.28. The molecule has 2 aromatic rings. The number of methoxy groups -OCH3 is 1. The lowest BCUT2D eigenvalue weighted by molar-refractivity contribution is 0.409. The summed E-state index contributed by atoms with van der Waals surface area (Å²) in [5.41, 5.74) is 2.23. The molecule has 0 bridgehead atoms. The van der Waals surface area contributed by atoms with E-state index in [1.165, 1.54) is 5.56 Å². The van der Waals surface area contributed by atoms with E-state index in [-0.39, 0.29) is 0 Å². The van der Waals surface area contributed by atoms with Crippen molar-refractivity contribution >= 4 is 5.82 Å². The molecule has 0 amide bonds. The molecule has 0 saturated carbocycles. The number of benzene rings is 1. The quantitative estimate of drug-likeness (QED) is 0.897. The first-order valence-electron chi connectivity index (χ1n) is 6.49. The molecule has 1 N–H and O–H groups in total. The maximum absolute atomic E-state index is 5.38. The maximum Gasteiger partial charge on any atom is 0.124 e. The van der Waals surface area contributed by atoms with Gasteiger partial charge in [-0.15, -0.1) is 0 Å². The number of rotatable bonds is 5. The number of nitrogens with one attached hydrogen (secondary N) is 1. The van der Waals surface area contributed by atoms with Crippen molar-refractivity contribution in [3.63, 3.8) is 0 Å². The molecule has 0 radical (unpaired) electrons. The van der Waals surface area contributed by atoms with Gasteiger partial charge in [-0.2, -0.15) is 5.10 Å². The van der Waals surface area contributed by atoms with Gasteiger partial charge in [0.15, 0.2) is 0 Å². The molecule has 1 heterocycles. The molecule has 0 aliphatic carbocycles. The molecule has 1 aromatic heterocycles. The van der Waals surface area contributed by atoms with Crippen molar-refractivity contribution in [2.75, 3.05) is 12.4 Å². The molecule has 2 rings (SSSR count). The van der Waals surface area contributed by atoms with Gasteiger partial charge in [0.1, 0.15) is 11.6 Å². The van der Waals surface area contributed by atoms with Crippen molar-refractivity contribution < 1.29 is 4.74 Å². The summed E-state index contributed by atoms with van der Waals surface area (Å²) in [6.07, 6.45) is 0.911. The Labute approximate surface area is 114 Å². The first-order valence-corrected chi connectivity index (χ1v) is 6.49. The summed E-state index contributed by atoms with van der Waals surface area (Å²) in [5.74, 6) is 1.98. The fourth-order valence-electron chi connectivity index (χ4n) is 2.25. The number of anilines is 1. The Morgan fingerprint density at radius 3 is 2.74 bits per heavy atom. The Bertz CT molecular complexity index is 548. The average Bonchev–Trinajstić information content (AvgIpc) is 2.68. The van der Waals surface area contributed by atoms with Crippen LogP contribution in [0.15, 0.2) is 30.3 Å². The minimum absolute atomic E-state index is 0.311. The van der Waals surface area contributed by atoms with E-state index < -0.39 is 0 Å². The van der Waals surface area contributed by atoms with E-state index in [9.17, 15) is 0 Å². The third-order valence-electron chi connectivity index (χ3n) is 3.11. The van der Waals surface area contributed by atoms with Crippen LogP contribution >= 0.6 is 0 Å². The molecule has 0 saturated heterocycles. The lowest BCUT2D eigenvalue weighted by Crippen LogP contribution is -2.20. The molecular formula is C15H21N3O. The summed E-state index contributed by atoms with van der Waals surface area (Å²) in [7, 11) is 3.66. The first-order chi connectivity index (χ1) is 9.10. The van der Waals surface area contributed by atoms with E-state index in [1.54, 1.807) is 7.11 Å². The van der Waals surface area contributed by atoms with Crippen LogP contribution in [-0.2, 0) is 13.5 Å². The van der Waals surface area contributed by atoms with Gasteiger partial charge >= 0.3 is 0 Å². The highest BCUT2D eigenvalue weighted by molar-refractivity contribution is 5.39. The molecule has 1 aromatic carbocycles. The topological polar surface area (TPSA) is 39.1 Å². The molecule has 19 heavy (non-hydrogen) atoms. The van der Waals surface area contributed by atoms with Gasteiger partial charge in [-0.05, 0) is 31.9 Å². The summed E-state index contributed by atoms with van der Waals surface area (Å²) in [6, 6.07) is 10.5. The Hall–Kier alpha value is -1.97. The SMILES string of the molecule is COc1ccccc1CC(C)Nc1cc(C)nn1C. The van der Waals surface area contributed by atoms with Crippen molar-refractivity contribution in [1.82, 2.24) is 9.78 Å². The lowest BCUT2D eigenvalue weighted by Gasteiger charge is -2.16. The smallest absolute Gasteiger partial charge is 0.124 e. The molecule has 0 fully saturated rings. The molecule has 1 unspecified atom stereocenters. The van der Waals surface area contributed by atoms with Crippen LogP contribution in [0.2, 0.25) is 0 Å². The Balaban J connectivity index is 2.05. The number of nitrogens with zero attached hydrogens (tertiary/aromatic N) is 2. The zero-order valence-electron chi connectivity index (χ0n) is 12.0. The van der Waals surface area contributed by atoms with E-state index in [0.717, 1.165) is 23.7 Å². The molecule has 4 nitrogen and oxygen atoms in total. The number of aryl methyl sites for hydroxylation is 2. The molecule has 0 spiro atoms. The molecule has 0 aliphatic rings. The molecular weight excluding hydrogens is 238 g/mol. The van der Waals surface area contributed by atoms with E-state index >= 15 is 0 Å². The van der Waals surface area contributed by atoms with Gasteiger partial charge in [0.25, 0.3) is 0 Å². The zero-order chi connectivity index (χ0) is 13.8. The highest BCUT2D eigenvalue weighted by atomic mass is 16.5. The van der Waals surface area contributed by atoms with E-state index in [1.807, 2.05) is 36.9 Å². The largest absolute Gasteiger partial charge is 0.496 e. The highest BCUT2D eigenvalue weighted by Gasteiger charge is 2.10. The number of hydrogen-bond donors (Lipinski definition) is 1. The van der Waals surface area contributed by atoms with Crippen molar-refractivity contribution in [3.05, 3.63) is 41.6 Å². The third-order valence-corrected chi connectivity index (χ3v) is 3.11. The molecule has 4 heteroatoms. The minimum Gasteiger partial charge on any atom is -0.496 e. The fourth-order valence-corrected chi connectivity index (χ4v) is 2.25. The van der Waals surface area contributed by atoms with Gasteiger partial charge in [-0.3, -0.25) is 4.68 Å². The van der Waals surface area contributed by atoms with E-state index in [2.05, 4.69) is 29.5 Å². The van der Waals surface area contributed by atoms with Gasteiger partial charge in [-0.1, -0.05) is 18.2 Å². The van der Waals surface area contributed by atoms with Crippen LogP contribution in [-0.4, -0.2) is 22.9 Å². The molecule has 0 aliphatic heterocycles. The summed E-state index contributed by atoms with van der Waals surface area (Å²) < 4.78 is 7.25. The average molecular weight is 259 g/mol. The predicted octanol–water partition coefficient (Wildman–Crippen LogP) is 2.78. The maximum atomic E-state index is 5.38. The second-order valence-electron chi connectivity index (χ2n) is 4.86. The van der Waals surface area contributed by atoms with Gasteiger partial charge in [0.05, 0.1) is 12.8 Å². The monoisotopic (exact) mass is 259 g/mol. The Morgan fingerprint density at radius 1 is 1.37 bits per heavy atom. The van der Waals surface area contributed by atoms with Crippen molar-refractivity contribution in [2.24, 2.45) is 7.05 Å². The Morgan fingerprint density at radius 2 is 2.11 bits per heavy atom. The summed E-state index contributed by atoms with van der Waals surface area (Å²) in [5, 5.41) is 7.81. The number of aromatic nitrogens is 2. The van der Waals surface area contributed by atoms with Crippen LogP contribution in [0, 0.1) is 6.92 Å². The Kier molecular flexibility index (Phi) is 4.10. The number of hydrogen-bond acceptors (Lipinski definition) is 3. The van der Waals surface area contributed by atoms with Gasteiger partial charge in [-0.25, -0.2) is 0 Å². The standard InChI is InChI=1S/C15H21N3O/c1-11(16-15-10-12(2)17-18(15)3)9-13-7-5-6-8-14(13)19-4/h5-8,10-11,16H,9H2,1-4H3. The highest BCUT2D eigenvalue weighted by Crippen LogP contribution is 2.20. The van der Waals surface area contributed by atoms with Crippen LogP contribution in [0.5, 0.6) is 5.75 Å². The summed E-state index contributed by atoms with van der Waals surface area (Å²) >= 11 is 0. The van der Waals surface area contributed by atoms with E-state index in [4.69, 9.17) is 4.74 Å². The molecule has 1 atom stereocenters. The van der Waals surface area contributed by atoms with Crippen LogP contribution in [0.25, 0.3) is 0 Å². The lowest BCUT2D eigenvalue weighted by atomic mass is 10.1. The van der Waals surface area contributed by atoms with Crippen molar-refractivity contribution in [1.29, 1.82) is 0 Å². The predicted molar refractivity (Wildman–Crippen MR) is 77.7 cm³/mol. The van der Waals surface area contributed by atoms with Crippen molar-refractivity contribution in [2.45, 2.75) is 26.3 Å². The van der Waals surface area contributed by atoms with Gasteiger partial charge < -0.3 is 10.1 Å². The normalized spacial score (nSPS) is 12.2. The summed E-state index contributed by atoms with van der Waals surface area (Å²) in [6.45, 7) is 4.16. The second kappa shape index (κ2) is 5.78. The first kappa shape index (κ1) is 13.5. The molecule has 102 valence electrons. The summed E-state index contributed by atoms with van der Waals surface area (Å²) in [4.78, 5) is 0. The second-order valence-corrected chi connectivity index (χ2v) is 4.86. The fraction of sp³-hybridized carbons (Fsp3) is 0.400. The van der Waals surface area contributed by atoms with E-state index in [0.29, 0.717) is 6.04 Å². The number of ether oxygens (including phenoxy) is 1. The zero-order valence-corrected chi connectivity index (χ0v) is 12.0. The van der Waals surface area contributed by atoms with Crippen LogP contribution in [0.1, 0.15) is 18.2 Å². The number of para-hydroxylation sites is 1. The van der Waals surface area contributed by atoms with Crippen LogP contribution in [0.4, 0.5) is 5.82 Å². The van der Waals surface area contributed by atoms with Crippen molar-refractivity contribution in [3.8, 4) is 5.75 Å². The van der Waals surface area contributed by atoms with Crippen LogP contribution < -0.4 is 10.1 Å². The van der Waals surface area contributed by atoms with Gasteiger partial charge in [0.2, 0.25) is 0 Å². The van der Waals surface area contributed by atoms with Gasteiger partial charge in [0, 0.05) is 19.2 Å². The minimum atomic E-state index is 0.311.